The van der Waals surface area contributed by atoms with Crippen LogP contribution in [0.2, 0.25) is 0 Å². The Hall–Kier alpha value is -2.69. The van der Waals surface area contributed by atoms with E-state index in [1.807, 2.05) is 30.3 Å². The summed E-state index contributed by atoms with van der Waals surface area (Å²) in [7, 11) is 0. The highest BCUT2D eigenvalue weighted by Crippen LogP contribution is 2.21. The molecule has 1 unspecified atom stereocenters. The molecule has 0 radical (unpaired) electrons. The molecule has 0 heterocycles. The van der Waals surface area contributed by atoms with Crippen LogP contribution in [-0.4, -0.2) is 17.9 Å². The number of benzene rings is 2. The largest absolute Gasteiger partial charge is 0.353 e. The second-order valence-electron chi connectivity index (χ2n) is 5.99. The van der Waals surface area contributed by atoms with Crippen molar-refractivity contribution in [2.45, 2.75) is 31.3 Å². The van der Waals surface area contributed by atoms with E-state index in [0.29, 0.717) is 5.56 Å². The van der Waals surface area contributed by atoms with E-state index in [0.717, 1.165) is 18.4 Å². The van der Waals surface area contributed by atoms with Gasteiger partial charge in [0, 0.05) is 11.6 Å². The van der Waals surface area contributed by atoms with Crippen molar-refractivity contribution in [3.8, 4) is 0 Å². The second-order valence-corrected chi connectivity index (χ2v) is 5.99. The van der Waals surface area contributed by atoms with Gasteiger partial charge in [0.2, 0.25) is 5.91 Å². The fourth-order valence-corrected chi connectivity index (χ4v) is 2.48. The van der Waals surface area contributed by atoms with Gasteiger partial charge in [0.05, 0.1) is 12.5 Å². The number of hydrogen-bond acceptors (Lipinski definition) is 2. The van der Waals surface area contributed by atoms with Gasteiger partial charge in [-0.3, -0.25) is 9.59 Å². The summed E-state index contributed by atoms with van der Waals surface area (Å²) < 4.78 is 13.0. The van der Waals surface area contributed by atoms with Crippen molar-refractivity contribution in [1.82, 2.24) is 10.6 Å². The Balaban J connectivity index is 1.72. The maximum Gasteiger partial charge on any atom is 0.251 e. The fourth-order valence-electron chi connectivity index (χ4n) is 2.48. The molecule has 0 aliphatic heterocycles. The molecule has 3 rings (SSSR count). The lowest BCUT2D eigenvalue weighted by molar-refractivity contribution is -0.121. The zero-order valence-electron chi connectivity index (χ0n) is 13.2. The summed E-state index contributed by atoms with van der Waals surface area (Å²) in [4.78, 5) is 24.5. The first-order chi connectivity index (χ1) is 11.6. The molecule has 1 fully saturated rings. The normalized spacial score (nSPS) is 14.7. The van der Waals surface area contributed by atoms with Gasteiger partial charge in [-0.05, 0) is 42.7 Å². The summed E-state index contributed by atoms with van der Waals surface area (Å²) in [5.74, 6) is -0.802. The molecule has 0 spiro atoms. The Bertz CT molecular complexity index is 712. The molecule has 1 aliphatic carbocycles. The molecule has 2 aromatic carbocycles. The minimum absolute atomic E-state index is 0.0780. The molecule has 0 saturated heterocycles. The minimum atomic E-state index is -0.428. The highest BCUT2D eigenvalue weighted by Gasteiger charge is 2.25. The van der Waals surface area contributed by atoms with Gasteiger partial charge >= 0.3 is 0 Å². The molecule has 0 aromatic heterocycles. The summed E-state index contributed by atoms with van der Waals surface area (Å²) in [6.45, 7) is 0. The summed E-state index contributed by atoms with van der Waals surface area (Å²) in [6.07, 6.45) is 2.21. The van der Waals surface area contributed by atoms with Crippen molar-refractivity contribution in [2.75, 3.05) is 0 Å². The van der Waals surface area contributed by atoms with Crippen molar-refractivity contribution in [2.24, 2.45) is 0 Å². The number of halogens is 1. The molecule has 1 atom stereocenters. The van der Waals surface area contributed by atoms with Gasteiger partial charge in [-0.1, -0.05) is 30.3 Å². The van der Waals surface area contributed by atoms with Crippen LogP contribution in [0.15, 0.2) is 54.6 Å². The standard InChI is InChI=1S/C19H19FN2O2/c20-15-8-6-14(7-9-15)19(24)22-17(13-4-2-1-3-5-13)12-18(23)21-16-10-11-16/h1-9,16-17H,10-12H2,(H,21,23)(H,22,24). The zero-order valence-corrected chi connectivity index (χ0v) is 13.2. The third-order valence-corrected chi connectivity index (χ3v) is 3.95. The van der Waals surface area contributed by atoms with Crippen LogP contribution < -0.4 is 10.6 Å². The molecule has 1 aliphatic rings. The number of amides is 2. The SMILES string of the molecule is O=C(CC(NC(=O)c1ccc(F)cc1)c1ccccc1)NC1CC1. The number of carbonyl (C=O) groups excluding carboxylic acids is 2. The molecule has 5 heteroatoms. The molecular weight excluding hydrogens is 307 g/mol. The van der Waals surface area contributed by atoms with E-state index in [1.54, 1.807) is 0 Å². The predicted octanol–water partition coefficient (Wildman–Crippen LogP) is 2.97. The van der Waals surface area contributed by atoms with E-state index >= 15 is 0 Å². The van der Waals surface area contributed by atoms with Crippen LogP contribution in [0.1, 0.15) is 41.2 Å². The van der Waals surface area contributed by atoms with Gasteiger partial charge in [0.25, 0.3) is 5.91 Å². The topological polar surface area (TPSA) is 58.2 Å². The highest BCUT2D eigenvalue weighted by molar-refractivity contribution is 5.94. The van der Waals surface area contributed by atoms with Crippen molar-refractivity contribution >= 4 is 11.8 Å². The highest BCUT2D eigenvalue weighted by atomic mass is 19.1. The summed E-state index contributed by atoms with van der Waals surface area (Å²) in [5.41, 5.74) is 1.22. The van der Waals surface area contributed by atoms with Gasteiger partial charge < -0.3 is 10.6 Å². The molecule has 1 saturated carbocycles. The van der Waals surface area contributed by atoms with E-state index < -0.39 is 11.9 Å². The Kier molecular flexibility index (Phi) is 4.89. The number of rotatable bonds is 6. The smallest absolute Gasteiger partial charge is 0.251 e. The Morgan fingerprint density at radius 1 is 1.04 bits per heavy atom. The van der Waals surface area contributed by atoms with Crippen molar-refractivity contribution in [3.05, 3.63) is 71.5 Å². The maximum atomic E-state index is 13.0. The van der Waals surface area contributed by atoms with Gasteiger partial charge in [0.1, 0.15) is 5.82 Å². The summed E-state index contributed by atoms with van der Waals surface area (Å²) in [6, 6.07) is 14.6. The first kappa shape index (κ1) is 16.2. The molecule has 2 aromatic rings. The summed E-state index contributed by atoms with van der Waals surface area (Å²) >= 11 is 0. The fraction of sp³-hybridized carbons (Fsp3) is 0.263. The minimum Gasteiger partial charge on any atom is -0.353 e. The van der Waals surface area contributed by atoms with E-state index in [4.69, 9.17) is 0 Å². The molecule has 0 bridgehead atoms. The predicted molar refractivity (Wildman–Crippen MR) is 88.8 cm³/mol. The first-order valence-corrected chi connectivity index (χ1v) is 8.02. The number of hydrogen-bond donors (Lipinski definition) is 2. The van der Waals surface area contributed by atoms with Crippen LogP contribution in [-0.2, 0) is 4.79 Å². The number of nitrogens with one attached hydrogen (secondary N) is 2. The third kappa shape index (κ3) is 4.41. The molecule has 124 valence electrons. The van der Waals surface area contributed by atoms with Crippen LogP contribution in [0.25, 0.3) is 0 Å². The lowest BCUT2D eigenvalue weighted by atomic mass is 10.0. The third-order valence-electron chi connectivity index (χ3n) is 3.95. The average molecular weight is 326 g/mol. The van der Waals surface area contributed by atoms with Crippen LogP contribution >= 0.6 is 0 Å². The second kappa shape index (κ2) is 7.25. The molecule has 24 heavy (non-hydrogen) atoms. The Morgan fingerprint density at radius 3 is 2.33 bits per heavy atom. The zero-order chi connectivity index (χ0) is 16.9. The molecule has 2 N–H and O–H groups in total. The number of carbonyl (C=O) groups is 2. The summed E-state index contributed by atoms with van der Waals surface area (Å²) in [5, 5.41) is 5.81. The lowest BCUT2D eigenvalue weighted by Gasteiger charge is -2.19. The Labute approximate surface area is 140 Å². The first-order valence-electron chi connectivity index (χ1n) is 8.02. The lowest BCUT2D eigenvalue weighted by Crippen LogP contribution is -2.34. The molecule has 4 nitrogen and oxygen atoms in total. The molecule has 2 amide bonds. The van der Waals surface area contributed by atoms with E-state index in [2.05, 4.69) is 10.6 Å². The average Bonchev–Trinajstić information content (AvgIpc) is 3.39. The van der Waals surface area contributed by atoms with Crippen molar-refractivity contribution in [1.29, 1.82) is 0 Å². The van der Waals surface area contributed by atoms with E-state index in [9.17, 15) is 14.0 Å². The van der Waals surface area contributed by atoms with Crippen LogP contribution in [0.3, 0.4) is 0 Å². The Morgan fingerprint density at radius 2 is 1.71 bits per heavy atom. The van der Waals surface area contributed by atoms with Crippen molar-refractivity contribution < 1.29 is 14.0 Å². The van der Waals surface area contributed by atoms with Gasteiger partial charge in [-0.25, -0.2) is 4.39 Å². The quantitative estimate of drug-likeness (QED) is 0.857. The van der Waals surface area contributed by atoms with Crippen molar-refractivity contribution in [3.63, 3.8) is 0 Å². The van der Waals surface area contributed by atoms with Crippen LogP contribution in [0.4, 0.5) is 4.39 Å². The van der Waals surface area contributed by atoms with E-state index in [1.165, 1.54) is 24.3 Å². The monoisotopic (exact) mass is 326 g/mol. The maximum absolute atomic E-state index is 13.0. The van der Waals surface area contributed by atoms with E-state index in [-0.39, 0.29) is 24.3 Å². The van der Waals surface area contributed by atoms with Gasteiger partial charge in [0.15, 0.2) is 0 Å². The van der Waals surface area contributed by atoms with Crippen LogP contribution in [0.5, 0.6) is 0 Å². The van der Waals surface area contributed by atoms with Crippen LogP contribution in [0, 0.1) is 5.82 Å². The van der Waals surface area contributed by atoms with Gasteiger partial charge in [-0.15, -0.1) is 0 Å². The van der Waals surface area contributed by atoms with Gasteiger partial charge in [-0.2, -0.15) is 0 Å². The molecular formula is C19H19FN2O2.